The van der Waals surface area contributed by atoms with Gasteiger partial charge in [0.25, 0.3) is 0 Å². The lowest BCUT2D eigenvalue weighted by Crippen LogP contribution is -2.41. The SMILES string of the molecule is CSc1ncc2cc(B3OC(C)(C)C(C)(C)O3)c3ncnn3c2n1. The Morgan fingerprint density at radius 2 is 1.79 bits per heavy atom. The Morgan fingerprint density at radius 1 is 1.08 bits per heavy atom. The Hall–Kier alpha value is -1.71. The van der Waals surface area contributed by atoms with E-state index in [0.29, 0.717) is 10.8 Å². The molecular weight excluding hydrogens is 325 g/mol. The summed E-state index contributed by atoms with van der Waals surface area (Å²) in [6.45, 7) is 8.12. The van der Waals surface area contributed by atoms with E-state index >= 15 is 0 Å². The molecule has 1 aliphatic heterocycles. The molecule has 124 valence electrons. The monoisotopic (exact) mass is 343 g/mol. The minimum absolute atomic E-state index is 0.414. The first-order valence-electron chi connectivity index (χ1n) is 7.71. The molecular formula is C15H18BN5O2S. The third-order valence-corrected chi connectivity index (χ3v) is 5.34. The second-order valence-corrected chi connectivity index (χ2v) is 7.59. The zero-order chi connectivity index (χ0) is 17.1. The van der Waals surface area contributed by atoms with Crippen molar-refractivity contribution < 1.29 is 9.31 Å². The van der Waals surface area contributed by atoms with E-state index in [1.165, 1.54) is 18.1 Å². The lowest BCUT2D eigenvalue weighted by atomic mass is 9.79. The highest BCUT2D eigenvalue weighted by molar-refractivity contribution is 7.98. The fourth-order valence-electron chi connectivity index (χ4n) is 2.71. The highest BCUT2D eigenvalue weighted by atomic mass is 32.2. The Balaban J connectivity index is 1.92. The van der Waals surface area contributed by atoms with Crippen LogP contribution in [-0.4, -0.2) is 49.1 Å². The molecule has 24 heavy (non-hydrogen) atoms. The van der Waals surface area contributed by atoms with Gasteiger partial charge in [-0.1, -0.05) is 11.8 Å². The Morgan fingerprint density at radius 3 is 2.46 bits per heavy atom. The fourth-order valence-corrected chi connectivity index (χ4v) is 3.04. The normalized spacial score (nSPS) is 19.5. The van der Waals surface area contributed by atoms with Crippen molar-refractivity contribution in [2.24, 2.45) is 0 Å². The molecule has 0 amide bonds. The molecule has 9 heteroatoms. The molecule has 1 saturated heterocycles. The minimum atomic E-state index is -0.508. The topological polar surface area (TPSA) is 74.4 Å². The van der Waals surface area contributed by atoms with Crippen LogP contribution in [0.15, 0.2) is 23.7 Å². The van der Waals surface area contributed by atoms with Gasteiger partial charge < -0.3 is 9.31 Å². The molecule has 0 unspecified atom stereocenters. The lowest BCUT2D eigenvalue weighted by molar-refractivity contribution is 0.00578. The molecule has 3 aromatic heterocycles. The highest BCUT2D eigenvalue weighted by Gasteiger charge is 2.52. The predicted octanol–water partition coefficient (Wildman–Crippen LogP) is 1.69. The molecule has 0 spiro atoms. The number of rotatable bonds is 2. The summed E-state index contributed by atoms with van der Waals surface area (Å²) in [6, 6.07) is 1.98. The molecule has 1 aliphatic rings. The average Bonchev–Trinajstić information content (AvgIpc) is 3.09. The van der Waals surface area contributed by atoms with Crippen LogP contribution < -0.4 is 5.46 Å². The van der Waals surface area contributed by atoms with Crippen LogP contribution in [0.2, 0.25) is 0 Å². The van der Waals surface area contributed by atoms with Gasteiger partial charge in [0.05, 0.1) is 11.2 Å². The molecule has 7 nitrogen and oxygen atoms in total. The van der Waals surface area contributed by atoms with Gasteiger partial charge >= 0.3 is 7.12 Å². The predicted molar refractivity (Wildman–Crippen MR) is 93.6 cm³/mol. The summed E-state index contributed by atoms with van der Waals surface area (Å²) in [5.41, 5.74) is 1.42. The first kappa shape index (κ1) is 15.8. The largest absolute Gasteiger partial charge is 0.498 e. The Bertz CT molecular complexity index is 926. The van der Waals surface area contributed by atoms with E-state index < -0.39 is 18.3 Å². The second kappa shape index (κ2) is 5.14. The third-order valence-electron chi connectivity index (χ3n) is 4.78. The smallest absolute Gasteiger partial charge is 0.399 e. The van der Waals surface area contributed by atoms with Gasteiger partial charge in [-0.2, -0.15) is 9.61 Å². The molecule has 0 radical (unpaired) electrons. The number of pyridine rings is 1. The fraction of sp³-hybridized carbons (Fsp3) is 0.467. The third kappa shape index (κ3) is 2.22. The molecule has 4 heterocycles. The summed E-state index contributed by atoms with van der Waals surface area (Å²) in [7, 11) is -0.508. The lowest BCUT2D eigenvalue weighted by Gasteiger charge is -2.32. The van der Waals surface area contributed by atoms with Crippen molar-refractivity contribution >= 4 is 41.0 Å². The maximum absolute atomic E-state index is 6.17. The average molecular weight is 343 g/mol. The number of nitrogens with zero attached hydrogens (tertiary/aromatic N) is 5. The summed E-state index contributed by atoms with van der Waals surface area (Å²) in [5, 5.41) is 5.89. The Labute approximate surface area is 144 Å². The van der Waals surface area contributed by atoms with Gasteiger partial charge in [0.2, 0.25) is 0 Å². The number of fused-ring (bicyclic) bond motifs is 3. The van der Waals surface area contributed by atoms with Crippen LogP contribution in [0.4, 0.5) is 0 Å². The van der Waals surface area contributed by atoms with E-state index in [1.807, 2.05) is 40.0 Å². The van der Waals surface area contributed by atoms with Crippen LogP contribution in [0.1, 0.15) is 27.7 Å². The first-order chi connectivity index (χ1) is 11.3. The number of thioether (sulfide) groups is 1. The molecule has 0 saturated carbocycles. The summed E-state index contributed by atoms with van der Waals surface area (Å²) in [5.74, 6) is 0. The van der Waals surface area contributed by atoms with E-state index in [1.54, 1.807) is 10.7 Å². The first-order valence-corrected chi connectivity index (χ1v) is 8.94. The number of aromatic nitrogens is 5. The zero-order valence-electron chi connectivity index (χ0n) is 14.3. The minimum Gasteiger partial charge on any atom is -0.399 e. The van der Waals surface area contributed by atoms with Gasteiger partial charge in [0.15, 0.2) is 16.5 Å². The van der Waals surface area contributed by atoms with Crippen molar-refractivity contribution in [3.05, 3.63) is 18.6 Å². The quantitative estimate of drug-likeness (QED) is 0.398. The maximum atomic E-state index is 6.17. The van der Waals surface area contributed by atoms with E-state index in [-0.39, 0.29) is 0 Å². The van der Waals surface area contributed by atoms with Crippen molar-refractivity contribution in [3.63, 3.8) is 0 Å². The van der Waals surface area contributed by atoms with Crippen molar-refractivity contribution in [1.29, 1.82) is 0 Å². The van der Waals surface area contributed by atoms with Crippen LogP contribution in [0.5, 0.6) is 0 Å². The van der Waals surface area contributed by atoms with Crippen LogP contribution >= 0.6 is 11.8 Å². The zero-order valence-corrected chi connectivity index (χ0v) is 15.1. The van der Waals surface area contributed by atoms with Crippen molar-refractivity contribution in [2.45, 2.75) is 44.1 Å². The number of hydrogen-bond acceptors (Lipinski definition) is 7. The molecule has 1 fully saturated rings. The number of hydrogen-bond donors (Lipinski definition) is 0. The summed E-state index contributed by atoms with van der Waals surface area (Å²) in [6.07, 6.45) is 5.26. The van der Waals surface area contributed by atoms with Crippen molar-refractivity contribution in [2.75, 3.05) is 6.26 Å². The molecule has 3 aromatic rings. The molecule has 0 aromatic carbocycles. The molecule has 4 rings (SSSR count). The standard InChI is InChI=1S/C15H18BN5O2S/c1-14(2)15(3,4)23-16(22-14)10-6-9-7-17-13(24-5)20-11(9)21-12(10)18-8-19-21/h6-8H,1-5H3. The second-order valence-electron chi connectivity index (χ2n) is 6.82. The highest BCUT2D eigenvalue weighted by Crippen LogP contribution is 2.36. The summed E-state index contributed by atoms with van der Waals surface area (Å²) in [4.78, 5) is 13.3. The van der Waals surface area contributed by atoms with Gasteiger partial charge in [-0.25, -0.2) is 15.0 Å². The van der Waals surface area contributed by atoms with Gasteiger partial charge in [-0.15, -0.1) is 0 Å². The molecule has 0 atom stereocenters. The van der Waals surface area contributed by atoms with E-state index in [4.69, 9.17) is 9.31 Å². The molecule has 0 aliphatic carbocycles. The van der Waals surface area contributed by atoms with Crippen LogP contribution in [0.3, 0.4) is 0 Å². The molecule has 0 N–H and O–H groups in total. The van der Waals surface area contributed by atoms with Crippen LogP contribution in [0, 0.1) is 0 Å². The Kier molecular flexibility index (Phi) is 3.39. The maximum Gasteiger partial charge on any atom is 0.498 e. The van der Waals surface area contributed by atoms with Crippen molar-refractivity contribution in [3.8, 4) is 0 Å². The van der Waals surface area contributed by atoms with Gasteiger partial charge in [0.1, 0.15) is 6.33 Å². The van der Waals surface area contributed by atoms with E-state index in [9.17, 15) is 0 Å². The van der Waals surface area contributed by atoms with Gasteiger partial charge in [-0.05, 0) is 40.0 Å². The van der Waals surface area contributed by atoms with Crippen molar-refractivity contribution in [1.82, 2.24) is 24.6 Å². The summed E-state index contributed by atoms with van der Waals surface area (Å²) < 4.78 is 14.1. The van der Waals surface area contributed by atoms with Gasteiger partial charge in [-0.3, -0.25) is 0 Å². The molecule has 0 bridgehead atoms. The van der Waals surface area contributed by atoms with Crippen LogP contribution in [-0.2, 0) is 9.31 Å². The van der Waals surface area contributed by atoms with Gasteiger partial charge in [0, 0.05) is 17.0 Å². The van der Waals surface area contributed by atoms with E-state index in [2.05, 4.69) is 20.1 Å². The van der Waals surface area contributed by atoms with E-state index in [0.717, 1.165) is 16.5 Å². The van der Waals surface area contributed by atoms with Crippen LogP contribution in [0.25, 0.3) is 16.7 Å². The summed E-state index contributed by atoms with van der Waals surface area (Å²) >= 11 is 1.49.